The van der Waals surface area contributed by atoms with Gasteiger partial charge in [0, 0.05) is 23.2 Å². The van der Waals surface area contributed by atoms with Crippen molar-refractivity contribution in [3.63, 3.8) is 0 Å². The Bertz CT molecular complexity index is 884. The Balaban J connectivity index is 1.42. The van der Waals surface area contributed by atoms with E-state index in [0.29, 0.717) is 22.5 Å². The van der Waals surface area contributed by atoms with E-state index in [1.54, 1.807) is 48.5 Å². The lowest BCUT2D eigenvalue weighted by Gasteiger charge is -2.11. The summed E-state index contributed by atoms with van der Waals surface area (Å²) in [5.74, 6) is -0.317. The number of para-hydroxylation sites is 1. The Morgan fingerprint density at radius 1 is 0.778 bits per heavy atom. The predicted molar refractivity (Wildman–Crippen MR) is 103 cm³/mol. The molecule has 4 rings (SSSR count). The molecule has 0 saturated heterocycles. The number of hydrogen-bond acceptors (Lipinski definition) is 3. The third kappa shape index (κ3) is 4.34. The monoisotopic (exact) mass is 363 g/mol. The summed E-state index contributed by atoms with van der Waals surface area (Å²) in [4.78, 5) is 36.7. The normalized spacial score (nSPS) is 15.7. The fourth-order valence-corrected chi connectivity index (χ4v) is 2.77. The number of hydrogen-bond donors (Lipinski definition) is 3. The summed E-state index contributed by atoms with van der Waals surface area (Å²) in [6.07, 6.45) is 3.90. The summed E-state index contributed by atoms with van der Waals surface area (Å²) in [5.41, 5.74) is 2.06. The van der Waals surface area contributed by atoms with Crippen molar-refractivity contribution in [1.29, 1.82) is 0 Å². The molecule has 0 spiro atoms. The predicted octanol–water partition coefficient (Wildman–Crippen LogP) is 3.18. The molecule has 0 unspecified atom stereocenters. The highest BCUT2D eigenvalue weighted by Gasteiger charge is 2.29. The second-order valence-electron chi connectivity index (χ2n) is 7.09. The maximum absolute atomic E-state index is 12.5. The Labute approximate surface area is 157 Å². The van der Waals surface area contributed by atoms with Crippen LogP contribution in [-0.4, -0.2) is 23.8 Å². The van der Waals surface area contributed by atoms with E-state index in [9.17, 15) is 14.4 Å². The van der Waals surface area contributed by atoms with Crippen molar-refractivity contribution in [2.75, 3.05) is 10.6 Å². The van der Waals surface area contributed by atoms with Gasteiger partial charge in [0.25, 0.3) is 11.8 Å². The lowest BCUT2D eigenvalue weighted by Crippen LogP contribution is -2.27. The Morgan fingerprint density at radius 3 is 2.15 bits per heavy atom. The van der Waals surface area contributed by atoms with Crippen molar-refractivity contribution >= 4 is 29.1 Å². The largest absolute Gasteiger partial charge is 0.349 e. The molecular weight excluding hydrogens is 342 g/mol. The fourth-order valence-electron chi connectivity index (χ4n) is 2.77. The summed E-state index contributed by atoms with van der Waals surface area (Å²) in [6, 6.07) is 13.9. The standard InChI is InChI=1S/C21H21N3O3/c25-19(13-5-6-13)22-15-9-7-14(8-10-15)20(26)24-18-4-2-1-3-17(18)21(27)23-16-11-12-16/h1-4,7-10,13,16H,5-6,11-12H2,(H,22,25)(H,23,27)(H,24,26). The van der Waals surface area contributed by atoms with Crippen LogP contribution in [0.5, 0.6) is 0 Å². The highest BCUT2D eigenvalue weighted by atomic mass is 16.2. The van der Waals surface area contributed by atoms with Crippen LogP contribution in [0.15, 0.2) is 48.5 Å². The molecule has 138 valence electrons. The van der Waals surface area contributed by atoms with E-state index in [4.69, 9.17) is 0 Å². The first-order valence-electron chi connectivity index (χ1n) is 9.22. The second kappa shape index (κ2) is 7.23. The molecule has 6 nitrogen and oxygen atoms in total. The van der Waals surface area contributed by atoms with Crippen molar-refractivity contribution in [3.05, 3.63) is 59.7 Å². The van der Waals surface area contributed by atoms with Crippen LogP contribution in [0.25, 0.3) is 0 Å². The molecule has 3 N–H and O–H groups in total. The fraction of sp³-hybridized carbons (Fsp3) is 0.286. The van der Waals surface area contributed by atoms with Gasteiger partial charge in [-0.05, 0) is 62.1 Å². The molecule has 0 heterocycles. The second-order valence-corrected chi connectivity index (χ2v) is 7.09. The van der Waals surface area contributed by atoms with E-state index in [1.165, 1.54) is 0 Å². The number of nitrogens with one attached hydrogen (secondary N) is 3. The lowest BCUT2D eigenvalue weighted by atomic mass is 10.1. The van der Waals surface area contributed by atoms with Gasteiger partial charge < -0.3 is 16.0 Å². The molecule has 2 aliphatic carbocycles. The molecule has 6 heteroatoms. The van der Waals surface area contributed by atoms with Crippen molar-refractivity contribution in [3.8, 4) is 0 Å². The summed E-state index contributed by atoms with van der Waals surface area (Å²) < 4.78 is 0. The smallest absolute Gasteiger partial charge is 0.255 e. The zero-order valence-corrected chi connectivity index (χ0v) is 14.8. The SMILES string of the molecule is O=C(Nc1ccccc1C(=O)NC1CC1)c1ccc(NC(=O)C2CC2)cc1. The molecule has 27 heavy (non-hydrogen) atoms. The molecule has 2 saturated carbocycles. The van der Waals surface area contributed by atoms with Gasteiger partial charge in [0.15, 0.2) is 0 Å². The molecule has 0 radical (unpaired) electrons. The van der Waals surface area contributed by atoms with Crippen LogP contribution in [-0.2, 0) is 4.79 Å². The van der Waals surface area contributed by atoms with E-state index < -0.39 is 0 Å². The third-order valence-corrected chi connectivity index (χ3v) is 4.70. The summed E-state index contributed by atoms with van der Waals surface area (Å²) in [7, 11) is 0. The van der Waals surface area contributed by atoms with Crippen LogP contribution in [0.1, 0.15) is 46.4 Å². The van der Waals surface area contributed by atoms with Crippen LogP contribution >= 0.6 is 0 Å². The maximum Gasteiger partial charge on any atom is 0.255 e. The van der Waals surface area contributed by atoms with E-state index in [0.717, 1.165) is 25.7 Å². The van der Waals surface area contributed by atoms with Crippen LogP contribution in [0, 0.1) is 5.92 Å². The van der Waals surface area contributed by atoms with Gasteiger partial charge in [0.2, 0.25) is 5.91 Å². The Morgan fingerprint density at radius 2 is 1.48 bits per heavy atom. The first-order chi connectivity index (χ1) is 13.1. The van der Waals surface area contributed by atoms with Gasteiger partial charge in [-0.2, -0.15) is 0 Å². The molecule has 2 aliphatic rings. The van der Waals surface area contributed by atoms with Crippen molar-refractivity contribution < 1.29 is 14.4 Å². The average Bonchev–Trinajstić information content (AvgIpc) is 3.56. The van der Waals surface area contributed by atoms with Gasteiger partial charge >= 0.3 is 0 Å². The van der Waals surface area contributed by atoms with Gasteiger partial charge in [-0.1, -0.05) is 12.1 Å². The van der Waals surface area contributed by atoms with Crippen LogP contribution < -0.4 is 16.0 Å². The molecule has 0 bridgehead atoms. The minimum Gasteiger partial charge on any atom is -0.349 e. The number of carbonyl (C=O) groups excluding carboxylic acids is 3. The van der Waals surface area contributed by atoms with E-state index >= 15 is 0 Å². The van der Waals surface area contributed by atoms with E-state index in [-0.39, 0.29) is 29.7 Å². The lowest BCUT2D eigenvalue weighted by molar-refractivity contribution is -0.117. The average molecular weight is 363 g/mol. The van der Waals surface area contributed by atoms with Crippen molar-refractivity contribution in [2.24, 2.45) is 5.92 Å². The summed E-state index contributed by atoms with van der Waals surface area (Å²) in [6.45, 7) is 0. The van der Waals surface area contributed by atoms with Gasteiger partial charge in [-0.15, -0.1) is 0 Å². The third-order valence-electron chi connectivity index (χ3n) is 4.70. The topological polar surface area (TPSA) is 87.3 Å². The highest BCUT2D eigenvalue weighted by Crippen LogP contribution is 2.30. The highest BCUT2D eigenvalue weighted by molar-refractivity contribution is 6.09. The van der Waals surface area contributed by atoms with Crippen LogP contribution in [0.2, 0.25) is 0 Å². The maximum atomic E-state index is 12.5. The minimum atomic E-state index is -0.304. The van der Waals surface area contributed by atoms with Gasteiger partial charge in [-0.3, -0.25) is 14.4 Å². The van der Waals surface area contributed by atoms with Gasteiger partial charge in [0.05, 0.1) is 11.3 Å². The van der Waals surface area contributed by atoms with Crippen molar-refractivity contribution in [1.82, 2.24) is 5.32 Å². The number of carbonyl (C=O) groups is 3. The molecule has 0 aromatic heterocycles. The summed E-state index contributed by atoms with van der Waals surface area (Å²) in [5, 5.41) is 8.58. The molecule has 0 atom stereocenters. The van der Waals surface area contributed by atoms with E-state index in [1.807, 2.05) is 0 Å². The molecular formula is C21H21N3O3. The number of anilines is 2. The molecule has 3 amide bonds. The zero-order valence-electron chi connectivity index (χ0n) is 14.8. The van der Waals surface area contributed by atoms with Gasteiger partial charge in [-0.25, -0.2) is 0 Å². The first-order valence-corrected chi connectivity index (χ1v) is 9.22. The number of benzene rings is 2. The van der Waals surface area contributed by atoms with E-state index in [2.05, 4.69) is 16.0 Å². The number of rotatable bonds is 6. The summed E-state index contributed by atoms with van der Waals surface area (Å²) >= 11 is 0. The molecule has 0 aliphatic heterocycles. The minimum absolute atomic E-state index is 0.0304. The first kappa shape index (κ1) is 17.3. The van der Waals surface area contributed by atoms with Crippen LogP contribution in [0.3, 0.4) is 0 Å². The molecule has 2 aromatic rings. The molecule has 2 aromatic carbocycles. The number of amides is 3. The Hall–Kier alpha value is -3.15. The Kier molecular flexibility index (Phi) is 4.62. The quantitative estimate of drug-likeness (QED) is 0.737. The van der Waals surface area contributed by atoms with Crippen molar-refractivity contribution in [2.45, 2.75) is 31.7 Å². The molecule has 2 fully saturated rings. The zero-order chi connectivity index (χ0) is 18.8. The van der Waals surface area contributed by atoms with Crippen LogP contribution in [0.4, 0.5) is 11.4 Å². The van der Waals surface area contributed by atoms with Gasteiger partial charge in [0.1, 0.15) is 0 Å².